The summed E-state index contributed by atoms with van der Waals surface area (Å²) in [5, 5.41) is 1.10. The second-order valence-corrected chi connectivity index (χ2v) is 10.8. The van der Waals surface area contributed by atoms with Crippen molar-refractivity contribution in [3.8, 4) is 0 Å². The lowest BCUT2D eigenvalue weighted by Crippen LogP contribution is -2.39. The van der Waals surface area contributed by atoms with E-state index in [2.05, 4.69) is 30.0 Å². The summed E-state index contributed by atoms with van der Waals surface area (Å²) in [5.74, 6) is 1.83. The number of hydrogen-bond donors (Lipinski definition) is 0. The van der Waals surface area contributed by atoms with E-state index < -0.39 is 0 Å². The minimum absolute atomic E-state index is 0.0771. The van der Waals surface area contributed by atoms with Gasteiger partial charge in [0.25, 0.3) is 5.91 Å². The summed E-state index contributed by atoms with van der Waals surface area (Å²) in [6.45, 7) is 4.34. The number of carbonyl (C=O) groups is 1. The van der Waals surface area contributed by atoms with Crippen LogP contribution in [0.3, 0.4) is 0 Å². The van der Waals surface area contributed by atoms with E-state index in [4.69, 9.17) is 17.2 Å². The van der Waals surface area contributed by atoms with Crippen molar-refractivity contribution in [2.24, 2.45) is 5.92 Å². The number of hydrogen-bond acceptors (Lipinski definition) is 5. The highest BCUT2D eigenvalue weighted by Crippen LogP contribution is 2.39. The van der Waals surface area contributed by atoms with E-state index in [0.29, 0.717) is 4.32 Å². The van der Waals surface area contributed by atoms with Crippen LogP contribution in [0.4, 0.5) is 5.82 Å². The SMILES string of the molecule is CC1CCN(c2nc3ccccc3cc2/C=C2\SC(=S)N(C3CCCCC3)C2=O)CC1. The summed E-state index contributed by atoms with van der Waals surface area (Å²) in [6, 6.07) is 10.7. The smallest absolute Gasteiger partial charge is 0.266 e. The maximum absolute atomic E-state index is 13.3. The van der Waals surface area contributed by atoms with Gasteiger partial charge in [-0.05, 0) is 49.8 Å². The van der Waals surface area contributed by atoms with Gasteiger partial charge in [0, 0.05) is 30.1 Å². The molecule has 1 aliphatic carbocycles. The molecular weight excluding hydrogens is 422 g/mol. The van der Waals surface area contributed by atoms with E-state index in [-0.39, 0.29) is 11.9 Å². The Morgan fingerprint density at radius 1 is 1.10 bits per heavy atom. The first-order valence-electron chi connectivity index (χ1n) is 11.5. The number of carbonyl (C=O) groups excluding carboxylic acids is 1. The average Bonchev–Trinajstić information content (AvgIpc) is 3.07. The molecule has 0 spiro atoms. The Kier molecular flexibility index (Phi) is 6.02. The number of para-hydroxylation sites is 1. The molecule has 2 aliphatic heterocycles. The number of benzene rings is 1. The van der Waals surface area contributed by atoms with Gasteiger partial charge in [0.15, 0.2) is 0 Å². The molecule has 6 heteroatoms. The van der Waals surface area contributed by atoms with Gasteiger partial charge < -0.3 is 4.90 Å². The van der Waals surface area contributed by atoms with Gasteiger partial charge in [-0.1, -0.05) is 68.4 Å². The van der Waals surface area contributed by atoms with Gasteiger partial charge in [0.05, 0.1) is 10.4 Å². The van der Waals surface area contributed by atoms with E-state index in [0.717, 1.165) is 59.0 Å². The number of thiocarbonyl (C=S) groups is 1. The molecule has 0 unspecified atom stereocenters. The van der Waals surface area contributed by atoms with Gasteiger partial charge in [-0.3, -0.25) is 9.69 Å². The second kappa shape index (κ2) is 8.91. The van der Waals surface area contributed by atoms with Gasteiger partial charge in [0.2, 0.25) is 0 Å². The highest BCUT2D eigenvalue weighted by molar-refractivity contribution is 8.26. The van der Waals surface area contributed by atoms with Crippen molar-refractivity contribution >= 4 is 57.0 Å². The van der Waals surface area contributed by atoms with Crippen molar-refractivity contribution in [3.05, 3.63) is 40.8 Å². The normalized spacial score (nSPS) is 22.8. The molecule has 5 rings (SSSR count). The summed E-state index contributed by atoms with van der Waals surface area (Å²) in [7, 11) is 0. The fourth-order valence-corrected chi connectivity index (χ4v) is 6.37. The number of thioether (sulfide) groups is 1. The molecule has 0 atom stereocenters. The Hall–Kier alpha value is -1.92. The van der Waals surface area contributed by atoms with Crippen molar-refractivity contribution in [1.29, 1.82) is 0 Å². The molecule has 3 aliphatic rings. The van der Waals surface area contributed by atoms with E-state index in [1.165, 1.54) is 43.9 Å². The fraction of sp³-hybridized carbons (Fsp3) is 0.480. The molecule has 2 saturated heterocycles. The molecule has 2 aromatic rings. The number of amides is 1. The van der Waals surface area contributed by atoms with Crippen molar-refractivity contribution in [1.82, 2.24) is 9.88 Å². The topological polar surface area (TPSA) is 36.4 Å². The number of fused-ring (bicyclic) bond motifs is 1. The minimum atomic E-state index is 0.0771. The van der Waals surface area contributed by atoms with Crippen molar-refractivity contribution in [2.45, 2.75) is 57.9 Å². The number of pyridine rings is 1. The summed E-state index contributed by atoms with van der Waals surface area (Å²) >= 11 is 7.09. The predicted molar refractivity (Wildman–Crippen MR) is 134 cm³/mol. The van der Waals surface area contributed by atoms with Crippen LogP contribution in [0.5, 0.6) is 0 Å². The van der Waals surface area contributed by atoms with Crippen molar-refractivity contribution in [2.75, 3.05) is 18.0 Å². The highest BCUT2D eigenvalue weighted by atomic mass is 32.2. The maximum atomic E-state index is 13.3. The third-order valence-corrected chi connectivity index (χ3v) is 8.20. The molecule has 0 bridgehead atoms. The van der Waals surface area contributed by atoms with Crippen LogP contribution in [0.25, 0.3) is 17.0 Å². The quantitative estimate of drug-likeness (QED) is 0.422. The molecule has 4 nitrogen and oxygen atoms in total. The molecule has 1 amide bonds. The summed E-state index contributed by atoms with van der Waals surface area (Å²) < 4.78 is 0.713. The number of anilines is 1. The molecule has 1 saturated carbocycles. The Labute approximate surface area is 194 Å². The molecule has 1 aromatic carbocycles. The molecule has 3 heterocycles. The second-order valence-electron chi connectivity index (χ2n) is 9.11. The fourth-order valence-electron chi connectivity index (χ4n) is 4.98. The van der Waals surface area contributed by atoms with Crippen LogP contribution in [-0.2, 0) is 4.79 Å². The van der Waals surface area contributed by atoms with Gasteiger partial charge in [-0.2, -0.15) is 0 Å². The largest absolute Gasteiger partial charge is 0.356 e. The standard InChI is InChI=1S/C25H29N3OS2/c1-17-11-13-27(14-12-17)23-19(15-18-7-5-6-10-21(18)26-23)16-22-24(29)28(25(30)31-22)20-8-3-2-4-9-20/h5-7,10,15-17,20H,2-4,8-9,11-14H2,1H3/b22-16-. The Morgan fingerprint density at radius 3 is 2.61 bits per heavy atom. The molecule has 0 N–H and O–H groups in total. The third kappa shape index (κ3) is 4.24. The Morgan fingerprint density at radius 2 is 1.84 bits per heavy atom. The van der Waals surface area contributed by atoms with Crippen LogP contribution in [0.15, 0.2) is 35.2 Å². The number of rotatable bonds is 3. The lowest BCUT2D eigenvalue weighted by Gasteiger charge is -2.32. The summed E-state index contributed by atoms with van der Waals surface area (Å²) in [6.07, 6.45) is 10.2. The van der Waals surface area contributed by atoms with Crippen LogP contribution >= 0.6 is 24.0 Å². The van der Waals surface area contributed by atoms with Crippen molar-refractivity contribution in [3.63, 3.8) is 0 Å². The zero-order valence-electron chi connectivity index (χ0n) is 18.0. The van der Waals surface area contributed by atoms with Crippen LogP contribution in [0, 0.1) is 5.92 Å². The predicted octanol–water partition coefficient (Wildman–Crippen LogP) is 6.01. The lowest BCUT2D eigenvalue weighted by molar-refractivity contribution is -0.124. The number of piperidine rings is 1. The van der Waals surface area contributed by atoms with Gasteiger partial charge in [-0.15, -0.1) is 0 Å². The maximum Gasteiger partial charge on any atom is 0.266 e. The molecule has 3 fully saturated rings. The lowest BCUT2D eigenvalue weighted by atomic mass is 9.94. The molecule has 31 heavy (non-hydrogen) atoms. The van der Waals surface area contributed by atoms with E-state index in [9.17, 15) is 4.79 Å². The van der Waals surface area contributed by atoms with Crippen LogP contribution in [0.1, 0.15) is 57.4 Å². The zero-order chi connectivity index (χ0) is 21.4. The summed E-state index contributed by atoms with van der Waals surface area (Å²) in [4.78, 5) is 23.4. The van der Waals surface area contributed by atoms with Crippen LogP contribution in [0.2, 0.25) is 0 Å². The minimum Gasteiger partial charge on any atom is -0.356 e. The van der Waals surface area contributed by atoms with Gasteiger partial charge in [-0.25, -0.2) is 4.98 Å². The Bertz CT molecular complexity index is 1040. The van der Waals surface area contributed by atoms with E-state index >= 15 is 0 Å². The van der Waals surface area contributed by atoms with Crippen LogP contribution < -0.4 is 4.90 Å². The van der Waals surface area contributed by atoms with Crippen LogP contribution in [-0.4, -0.2) is 39.2 Å². The van der Waals surface area contributed by atoms with E-state index in [1.54, 1.807) is 0 Å². The zero-order valence-corrected chi connectivity index (χ0v) is 19.7. The van der Waals surface area contributed by atoms with Gasteiger partial charge in [0.1, 0.15) is 10.1 Å². The third-order valence-electron chi connectivity index (χ3n) is 6.87. The molecule has 0 radical (unpaired) electrons. The Balaban J connectivity index is 1.51. The first kappa shape index (κ1) is 21.0. The van der Waals surface area contributed by atoms with E-state index in [1.807, 2.05) is 23.1 Å². The molecular formula is C25H29N3OS2. The first-order chi connectivity index (χ1) is 15.1. The number of nitrogens with zero attached hydrogens (tertiary/aromatic N) is 3. The monoisotopic (exact) mass is 451 g/mol. The number of aromatic nitrogens is 1. The van der Waals surface area contributed by atoms with Gasteiger partial charge >= 0.3 is 0 Å². The summed E-state index contributed by atoms with van der Waals surface area (Å²) in [5.41, 5.74) is 2.03. The molecule has 1 aromatic heterocycles. The molecule has 162 valence electrons. The van der Waals surface area contributed by atoms with Crippen molar-refractivity contribution < 1.29 is 4.79 Å². The average molecular weight is 452 g/mol. The first-order valence-corrected chi connectivity index (χ1v) is 12.7. The highest BCUT2D eigenvalue weighted by Gasteiger charge is 2.37.